The average molecular weight is 1110 g/mol. The molecule has 0 amide bonds. The molecule has 17 rings (SSSR count). The Morgan fingerprint density at radius 2 is 0.616 bits per heavy atom. The van der Waals surface area contributed by atoms with E-state index in [1.807, 2.05) is 162 Å². The van der Waals surface area contributed by atoms with Gasteiger partial charge in [0.1, 0.15) is 0 Å². The van der Waals surface area contributed by atoms with Crippen LogP contribution in [0.2, 0.25) is 0 Å². The van der Waals surface area contributed by atoms with Gasteiger partial charge in [0, 0.05) is 82.3 Å². The molecule has 0 fully saturated rings. The van der Waals surface area contributed by atoms with Gasteiger partial charge in [0.25, 0.3) is 0 Å². The number of para-hydroxylation sites is 6. The number of alkyl halides is 3. The van der Waals surface area contributed by atoms with E-state index in [2.05, 4.69) is 123 Å². The van der Waals surface area contributed by atoms with Crippen LogP contribution in [0.15, 0.2) is 279 Å². The van der Waals surface area contributed by atoms with Crippen molar-refractivity contribution in [3.05, 3.63) is 285 Å². The standard InChI is InChI=1S/C76H46F3N7/c77-76(78,79)61-34-21-39-67(86-65-38-20-16-33-55(65)59-44-57-53-31-14-18-36-63(53)84(69(57)46-71(59)86)51-28-11-4-12-29-51)72(61)60-42-49(75-81-73(47-22-5-1-6-23-47)80-74(82-75)48-24-7-2-8-25-48)40-41-66(60)85-64-37-19-15-32-54(64)58-43-56-52-30-13-17-35-62(52)83(68(56)45-70(58)85)50-26-9-3-10-27-50/h1-46H. The first-order valence-electron chi connectivity index (χ1n) is 28.6. The molecule has 5 aromatic heterocycles. The minimum Gasteiger partial charge on any atom is -0.309 e. The maximum Gasteiger partial charge on any atom is 0.417 e. The minimum atomic E-state index is -4.83. The summed E-state index contributed by atoms with van der Waals surface area (Å²) in [6.45, 7) is 0. The first kappa shape index (κ1) is 49.3. The number of benzene rings is 12. The van der Waals surface area contributed by atoms with Gasteiger partial charge in [-0.05, 0) is 103 Å². The Labute approximate surface area is 490 Å². The molecule has 17 aromatic rings. The lowest BCUT2D eigenvalue weighted by molar-refractivity contribution is -0.137. The van der Waals surface area contributed by atoms with E-state index in [1.165, 1.54) is 12.1 Å². The Balaban J connectivity index is 1.02. The SMILES string of the molecule is FC(F)(F)c1cccc(-n2c3ccccc3c3cc4c5ccccc5n(-c5ccccc5)c4cc32)c1-c1cc(-c2nc(-c3ccccc3)nc(-c3ccccc3)n2)ccc1-n1c2ccccc2c2cc3c4ccccc4n(-c4ccccc4)c3cc21. The number of aromatic nitrogens is 7. The molecule has 0 saturated heterocycles. The Hall–Kier alpha value is -11.4. The Morgan fingerprint density at radius 3 is 1.05 bits per heavy atom. The summed E-state index contributed by atoms with van der Waals surface area (Å²) in [4.78, 5) is 15.3. The van der Waals surface area contributed by atoms with Crippen LogP contribution in [0.25, 0.3) is 155 Å². The highest BCUT2D eigenvalue weighted by Gasteiger charge is 2.37. The number of halogens is 3. The summed E-state index contributed by atoms with van der Waals surface area (Å²) in [6.07, 6.45) is -4.83. The van der Waals surface area contributed by atoms with Crippen LogP contribution in [0, 0.1) is 0 Å². The van der Waals surface area contributed by atoms with Gasteiger partial charge in [-0.2, -0.15) is 13.2 Å². The lowest BCUT2D eigenvalue weighted by atomic mass is 9.93. The van der Waals surface area contributed by atoms with E-state index < -0.39 is 11.7 Å². The number of hydrogen-bond donors (Lipinski definition) is 0. The molecule has 86 heavy (non-hydrogen) atoms. The Kier molecular flexibility index (Phi) is 10.9. The van der Waals surface area contributed by atoms with Crippen molar-refractivity contribution in [3.63, 3.8) is 0 Å². The van der Waals surface area contributed by atoms with E-state index in [4.69, 9.17) is 15.0 Å². The molecule has 0 spiro atoms. The molecule has 406 valence electrons. The number of hydrogen-bond acceptors (Lipinski definition) is 3. The average Bonchev–Trinajstić information content (AvgIpc) is 1.62. The molecular weight excluding hydrogens is 1070 g/mol. The molecule has 12 aromatic carbocycles. The molecule has 0 saturated carbocycles. The van der Waals surface area contributed by atoms with Crippen molar-refractivity contribution >= 4 is 87.2 Å². The van der Waals surface area contributed by atoms with Crippen LogP contribution in [0.5, 0.6) is 0 Å². The van der Waals surface area contributed by atoms with E-state index in [-0.39, 0.29) is 5.56 Å². The van der Waals surface area contributed by atoms with Crippen molar-refractivity contribution in [2.75, 3.05) is 0 Å². The van der Waals surface area contributed by atoms with Gasteiger partial charge < -0.3 is 18.3 Å². The van der Waals surface area contributed by atoms with Gasteiger partial charge in [-0.3, -0.25) is 0 Å². The smallest absolute Gasteiger partial charge is 0.309 e. The van der Waals surface area contributed by atoms with Crippen molar-refractivity contribution < 1.29 is 13.2 Å². The quantitative estimate of drug-likeness (QED) is 0.152. The second-order valence-corrected chi connectivity index (χ2v) is 21.8. The van der Waals surface area contributed by atoms with E-state index in [9.17, 15) is 0 Å². The van der Waals surface area contributed by atoms with E-state index in [1.54, 1.807) is 0 Å². The van der Waals surface area contributed by atoms with Crippen LogP contribution in [0.4, 0.5) is 13.2 Å². The highest BCUT2D eigenvalue weighted by Crippen LogP contribution is 2.49. The van der Waals surface area contributed by atoms with Crippen molar-refractivity contribution in [2.24, 2.45) is 0 Å². The number of nitrogens with zero attached hydrogens (tertiary/aromatic N) is 7. The van der Waals surface area contributed by atoms with Gasteiger partial charge in [0.2, 0.25) is 0 Å². The van der Waals surface area contributed by atoms with Crippen molar-refractivity contribution in [3.8, 4) is 68.0 Å². The van der Waals surface area contributed by atoms with Crippen molar-refractivity contribution in [1.82, 2.24) is 33.2 Å². The van der Waals surface area contributed by atoms with Gasteiger partial charge in [-0.1, -0.05) is 176 Å². The van der Waals surface area contributed by atoms with Gasteiger partial charge in [0.15, 0.2) is 17.5 Å². The predicted octanol–water partition coefficient (Wildman–Crippen LogP) is 19.9. The third kappa shape index (κ3) is 7.59. The summed E-state index contributed by atoms with van der Waals surface area (Å²) < 4.78 is 59.3. The molecule has 0 aliphatic heterocycles. The Morgan fingerprint density at radius 1 is 0.256 bits per heavy atom. The van der Waals surface area contributed by atoms with Crippen molar-refractivity contribution in [1.29, 1.82) is 0 Å². The second kappa shape index (κ2) is 19.1. The summed E-state index contributed by atoms with van der Waals surface area (Å²) >= 11 is 0. The molecule has 0 atom stereocenters. The molecule has 0 bridgehead atoms. The largest absolute Gasteiger partial charge is 0.417 e. The van der Waals surface area contributed by atoms with Gasteiger partial charge in [-0.25, -0.2) is 15.0 Å². The zero-order chi connectivity index (χ0) is 57.2. The fourth-order valence-electron chi connectivity index (χ4n) is 13.3. The topological polar surface area (TPSA) is 58.4 Å². The zero-order valence-electron chi connectivity index (χ0n) is 45.8. The molecule has 0 aliphatic rings. The van der Waals surface area contributed by atoms with Crippen LogP contribution >= 0.6 is 0 Å². The third-order valence-corrected chi connectivity index (χ3v) is 17.0. The molecule has 0 aliphatic carbocycles. The normalized spacial score (nSPS) is 12.1. The zero-order valence-corrected chi connectivity index (χ0v) is 45.8. The van der Waals surface area contributed by atoms with Crippen LogP contribution in [-0.2, 0) is 6.18 Å². The van der Waals surface area contributed by atoms with Crippen LogP contribution in [-0.4, -0.2) is 33.2 Å². The maximum atomic E-state index is 16.9. The third-order valence-electron chi connectivity index (χ3n) is 17.0. The summed E-state index contributed by atoms with van der Waals surface area (Å²) in [5.74, 6) is 1.17. The fourth-order valence-corrected chi connectivity index (χ4v) is 13.3. The lowest BCUT2D eigenvalue weighted by Gasteiger charge is -2.23. The fraction of sp³-hybridized carbons (Fsp3) is 0.0132. The predicted molar refractivity (Wildman–Crippen MR) is 344 cm³/mol. The molecule has 7 nitrogen and oxygen atoms in total. The monoisotopic (exact) mass is 1110 g/mol. The van der Waals surface area contributed by atoms with E-state index in [0.29, 0.717) is 40.0 Å². The first-order chi connectivity index (χ1) is 42.3. The summed E-state index contributed by atoms with van der Waals surface area (Å²) in [6, 6.07) is 92.1. The van der Waals surface area contributed by atoms with E-state index >= 15 is 13.2 Å². The minimum absolute atomic E-state index is 0.00534. The van der Waals surface area contributed by atoms with Gasteiger partial charge >= 0.3 is 6.18 Å². The van der Waals surface area contributed by atoms with Gasteiger partial charge in [-0.15, -0.1) is 0 Å². The molecule has 10 heteroatoms. The highest BCUT2D eigenvalue weighted by atomic mass is 19.4. The van der Waals surface area contributed by atoms with Gasteiger partial charge in [0.05, 0.1) is 61.1 Å². The molecule has 0 unspecified atom stereocenters. The van der Waals surface area contributed by atoms with Crippen LogP contribution < -0.4 is 0 Å². The molecule has 0 N–H and O–H groups in total. The maximum absolute atomic E-state index is 16.9. The molecule has 0 radical (unpaired) electrons. The second-order valence-electron chi connectivity index (χ2n) is 21.8. The van der Waals surface area contributed by atoms with Crippen LogP contribution in [0.1, 0.15) is 5.56 Å². The number of fused-ring (bicyclic) bond motifs is 12. The molecule has 5 heterocycles. The summed E-state index contributed by atoms with van der Waals surface area (Å²) in [5.41, 5.74) is 11.5. The first-order valence-corrected chi connectivity index (χ1v) is 28.6. The van der Waals surface area contributed by atoms with Crippen molar-refractivity contribution in [2.45, 2.75) is 6.18 Å². The summed E-state index contributed by atoms with van der Waals surface area (Å²) in [7, 11) is 0. The van der Waals surface area contributed by atoms with Crippen LogP contribution in [0.3, 0.4) is 0 Å². The number of rotatable bonds is 8. The molecular formula is C76H46F3N7. The lowest BCUT2D eigenvalue weighted by Crippen LogP contribution is -2.11. The highest BCUT2D eigenvalue weighted by molar-refractivity contribution is 6.21. The van der Waals surface area contributed by atoms with E-state index in [0.717, 1.165) is 110 Å². The Bertz CT molecular complexity index is 5510. The summed E-state index contributed by atoms with van der Waals surface area (Å²) in [5, 5.41) is 7.99.